The Bertz CT molecular complexity index is 1270. The van der Waals surface area contributed by atoms with Gasteiger partial charge in [-0.15, -0.1) is 0 Å². The molecule has 5 rings (SSSR count). The third-order valence-corrected chi connectivity index (χ3v) is 6.02. The van der Waals surface area contributed by atoms with Crippen molar-refractivity contribution in [3.8, 4) is 0 Å². The molecule has 4 heterocycles. The van der Waals surface area contributed by atoms with Crippen LogP contribution in [0.5, 0.6) is 0 Å². The topological polar surface area (TPSA) is 84.4 Å². The highest BCUT2D eigenvalue weighted by Crippen LogP contribution is 2.28. The zero-order valence-electron chi connectivity index (χ0n) is 17.2. The summed E-state index contributed by atoms with van der Waals surface area (Å²) in [6, 6.07) is 4.40. The minimum atomic E-state index is -0.660. The van der Waals surface area contributed by atoms with Crippen LogP contribution in [-0.2, 0) is 13.0 Å². The average molecular weight is 422 g/mol. The molecular weight excluding hydrogens is 399 g/mol. The van der Waals surface area contributed by atoms with E-state index < -0.39 is 6.10 Å². The lowest BCUT2D eigenvalue weighted by Gasteiger charge is -2.25. The van der Waals surface area contributed by atoms with Crippen LogP contribution in [0.15, 0.2) is 45.9 Å². The predicted octanol–water partition coefficient (Wildman–Crippen LogP) is 3.11. The molecule has 0 radical (unpaired) electrons. The van der Waals surface area contributed by atoms with Crippen molar-refractivity contribution in [2.24, 2.45) is 0 Å². The molecule has 1 aromatic carbocycles. The molecule has 0 saturated carbocycles. The van der Waals surface area contributed by atoms with E-state index in [0.717, 1.165) is 17.4 Å². The molecule has 7 nitrogen and oxygen atoms in total. The summed E-state index contributed by atoms with van der Waals surface area (Å²) in [7, 11) is 0. The Kier molecular flexibility index (Phi) is 4.94. The van der Waals surface area contributed by atoms with Gasteiger partial charge in [0.2, 0.25) is 0 Å². The first-order valence-corrected chi connectivity index (χ1v) is 10.5. The van der Waals surface area contributed by atoms with Gasteiger partial charge in [-0.3, -0.25) is 9.36 Å². The monoisotopic (exact) mass is 422 g/mol. The van der Waals surface area contributed by atoms with Crippen LogP contribution in [0.3, 0.4) is 0 Å². The van der Waals surface area contributed by atoms with Crippen LogP contribution in [0.25, 0.3) is 16.5 Å². The van der Waals surface area contributed by atoms with Crippen LogP contribution in [0.4, 0.5) is 4.39 Å². The van der Waals surface area contributed by atoms with E-state index in [-0.39, 0.29) is 11.4 Å². The molecule has 0 fully saturated rings. The van der Waals surface area contributed by atoms with Crippen molar-refractivity contribution in [1.82, 2.24) is 19.6 Å². The van der Waals surface area contributed by atoms with Crippen LogP contribution < -0.4 is 5.56 Å². The average Bonchev–Trinajstić information content (AvgIpc) is 3.18. The molecule has 2 aliphatic rings. The minimum absolute atomic E-state index is 0.0419. The van der Waals surface area contributed by atoms with E-state index in [1.165, 1.54) is 12.1 Å². The van der Waals surface area contributed by atoms with Crippen LogP contribution in [0, 0.1) is 12.7 Å². The Balaban J connectivity index is 1.30. The lowest BCUT2D eigenvalue weighted by atomic mass is 10.0. The summed E-state index contributed by atoms with van der Waals surface area (Å²) in [5, 5.41) is 15.0. The third-order valence-electron chi connectivity index (χ3n) is 6.02. The summed E-state index contributed by atoms with van der Waals surface area (Å²) in [6.07, 6.45) is 7.31. The van der Waals surface area contributed by atoms with Crippen molar-refractivity contribution in [2.75, 3.05) is 13.1 Å². The Morgan fingerprint density at radius 3 is 3.03 bits per heavy atom. The second-order valence-electron chi connectivity index (χ2n) is 8.04. The Hall–Kier alpha value is -3.26. The van der Waals surface area contributed by atoms with Gasteiger partial charge in [-0.2, -0.15) is 0 Å². The maximum Gasteiger partial charge on any atom is 0.257 e. The number of rotatable bonds is 4. The van der Waals surface area contributed by atoms with Gasteiger partial charge in [0.1, 0.15) is 23.4 Å². The smallest absolute Gasteiger partial charge is 0.257 e. The third kappa shape index (κ3) is 3.57. The number of aromatic nitrogens is 3. The van der Waals surface area contributed by atoms with Crippen molar-refractivity contribution in [3.63, 3.8) is 0 Å². The number of hydrogen-bond donors (Lipinski definition) is 1. The zero-order chi connectivity index (χ0) is 21.5. The Morgan fingerprint density at radius 2 is 2.23 bits per heavy atom. The summed E-state index contributed by atoms with van der Waals surface area (Å²) in [4.78, 5) is 19.6. The van der Waals surface area contributed by atoms with Crippen LogP contribution >= 0.6 is 0 Å². The molecular formula is C23H23FN4O3. The summed E-state index contributed by atoms with van der Waals surface area (Å²) < 4.78 is 20.2. The van der Waals surface area contributed by atoms with Crippen LogP contribution in [0.1, 0.15) is 41.7 Å². The van der Waals surface area contributed by atoms with Crippen molar-refractivity contribution in [2.45, 2.75) is 38.8 Å². The molecule has 0 spiro atoms. The number of aliphatic hydroxyl groups excluding tert-OH is 1. The molecule has 1 N–H and O–H groups in total. The first-order chi connectivity index (χ1) is 15.0. The van der Waals surface area contributed by atoms with E-state index in [1.54, 1.807) is 10.6 Å². The van der Waals surface area contributed by atoms with Crippen molar-refractivity contribution in [3.05, 3.63) is 75.5 Å². The number of hydrogen-bond acceptors (Lipinski definition) is 6. The largest absolute Gasteiger partial charge is 0.385 e. The summed E-state index contributed by atoms with van der Waals surface area (Å²) >= 11 is 0. The predicted molar refractivity (Wildman–Crippen MR) is 114 cm³/mol. The number of halogens is 1. The fourth-order valence-electron chi connectivity index (χ4n) is 4.30. The van der Waals surface area contributed by atoms with Crippen molar-refractivity contribution in [1.29, 1.82) is 0 Å². The second kappa shape index (κ2) is 7.77. The maximum atomic E-state index is 13.4. The van der Waals surface area contributed by atoms with E-state index in [1.807, 2.05) is 25.3 Å². The first-order valence-electron chi connectivity index (χ1n) is 10.5. The molecule has 2 aromatic heterocycles. The van der Waals surface area contributed by atoms with E-state index >= 15 is 0 Å². The van der Waals surface area contributed by atoms with E-state index in [4.69, 9.17) is 4.52 Å². The number of nitrogens with zero attached hydrogens (tertiary/aromatic N) is 4. The maximum absolute atomic E-state index is 13.4. The lowest BCUT2D eigenvalue weighted by molar-refractivity contribution is 0.129. The molecule has 0 saturated heterocycles. The molecule has 31 heavy (non-hydrogen) atoms. The molecule has 0 bridgehead atoms. The normalized spacial score (nSPS) is 18.4. The number of fused-ring (bicyclic) bond motifs is 2. The fourth-order valence-corrected chi connectivity index (χ4v) is 4.30. The van der Waals surface area contributed by atoms with Crippen LogP contribution in [0.2, 0.25) is 0 Å². The van der Waals surface area contributed by atoms with E-state index in [2.05, 4.69) is 15.0 Å². The van der Waals surface area contributed by atoms with Gasteiger partial charge in [-0.25, -0.2) is 9.37 Å². The van der Waals surface area contributed by atoms with Gasteiger partial charge in [0.15, 0.2) is 5.58 Å². The standard InChI is InChI=1S/C23H23FN4O3/c1-14-17(23(30)28-9-2-3-19(29)22(28)25-14)8-12-27-10-6-15(7-11-27)21-18-5-4-16(24)13-20(18)31-26-21/h4-7,10,13,19,29H,2-3,8-9,11-12H2,1H3. The minimum Gasteiger partial charge on any atom is -0.385 e. The molecule has 1 atom stereocenters. The lowest BCUT2D eigenvalue weighted by Crippen LogP contribution is -2.35. The fraction of sp³-hybridized carbons (Fsp3) is 0.348. The molecule has 3 aromatic rings. The highest BCUT2D eigenvalue weighted by Gasteiger charge is 2.23. The molecule has 0 amide bonds. The molecule has 160 valence electrons. The van der Waals surface area contributed by atoms with Gasteiger partial charge in [-0.05, 0) is 44.4 Å². The van der Waals surface area contributed by atoms with Gasteiger partial charge < -0.3 is 14.5 Å². The van der Waals surface area contributed by atoms with Gasteiger partial charge in [0, 0.05) is 54.1 Å². The summed E-state index contributed by atoms with van der Waals surface area (Å²) in [5.41, 5.74) is 3.38. The van der Waals surface area contributed by atoms with Crippen molar-refractivity contribution < 1.29 is 14.0 Å². The Morgan fingerprint density at radius 1 is 1.35 bits per heavy atom. The van der Waals surface area contributed by atoms with E-state index in [0.29, 0.717) is 60.8 Å². The number of allylic oxidation sites excluding steroid dienone is 2. The molecule has 0 aliphatic carbocycles. The molecule has 1 unspecified atom stereocenters. The van der Waals surface area contributed by atoms with Gasteiger partial charge in [0.25, 0.3) is 5.56 Å². The highest BCUT2D eigenvalue weighted by molar-refractivity contribution is 5.91. The highest BCUT2D eigenvalue weighted by atomic mass is 19.1. The first kappa shape index (κ1) is 19.7. The van der Waals surface area contributed by atoms with E-state index in [9.17, 15) is 14.3 Å². The quantitative estimate of drug-likeness (QED) is 0.696. The summed E-state index contributed by atoms with van der Waals surface area (Å²) in [6.45, 7) is 3.78. The number of aliphatic hydroxyl groups is 1. The molecule has 2 aliphatic heterocycles. The van der Waals surface area contributed by atoms with Gasteiger partial charge >= 0.3 is 0 Å². The van der Waals surface area contributed by atoms with Crippen molar-refractivity contribution >= 4 is 16.5 Å². The second-order valence-corrected chi connectivity index (χ2v) is 8.04. The SMILES string of the molecule is Cc1nc2n(c(=O)c1CCN1C=CC(c3noc4cc(F)ccc34)=CC1)CCCC2O. The zero-order valence-corrected chi connectivity index (χ0v) is 17.2. The number of benzene rings is 1. The molecule has 8 heteroatoms. The van der Waals surface area contributed by atoms with Gasteiger partial charge in [0.05, 0.1) is 0 Å². The van der Waals surface area contributed by atoms with Crippen LogP contribution in [-0.4, -0.2) is 37.8 Å². The number of aryl methyl sites for hydroxylation is 1. The van der Waals surface area contributed by atoms with Gasteiger partial charge in [-0.1, -0.05) is 11.2 Å². The Labute approximate surface area is 178 Å². The summed E-state index contributed by atoms with van der Waals surface area (Å²) in [5.74, 6) is 0.134.